The predicted molar refractivity (Wildman–Crippen MR) is 140 cm³/mol. The Hall–Kier alpha value is -3.73. The molecule has 1 fully saturated rings. The molecule has 3 aromatic rings. The van der Waals surface area contributed by atoms with E-state index in [0.29, 0.717) is 48.1 Å². The van der Waals surface area contributed by atoms with E-state index in [-0.39, 0.29) is 35.2 Å². The molecule has 1 aliphatic rings. The van der Waals surface area contributed by atoms with Crippen molar-refractivity contribution < 1.29 is 31.9 Å². The van der Waals surface area contributed by atoms with Crippen molar-refractivity contribution in [1.29, 1.82) is 0 Å². The van der Waals surface area contributed by atoms with Crippen molar-refractivity contribution in [2.75, 3.05) is 13.1 Å². The maximum atomic E-state index is 15.2. The summed E-state index contributed by atoms with van der Waals surface area (Å²) in [5.74, 6) is -0.860. The van der Waals surface area contributed by atoms with Gasteiger partial charge >= 0.3 is 6.09 Å². The number of ether oxygens (including phenoxy) is 2. The van der Waals surface area contributed by atoms with Crippen molar-refractivity contribution in [3.05, 3.63) is 54.5 Å². The average Bonchev–Trinajstić information content (AvgIpc) is 2.88. The first-order valence-corrected chi connectivity index (χ1v) is 13.9. The van der Waals surface area contributed by atoms with Crippen molar-refractivity contribution in [1.82, 2.24) is 14.6 Å². The molecule has 11 heteroatoms. The maximum absolute atomic E-state index is 15.2. The molecule has 1 N–H and O–H groups in total. The fraction of sp³-hybridized carbons (Fsp3) is 0.370. The van der Waals surface area contributed by atoms with Crippen LogP contribution in [0.25, 0.3) is 22.0 Å². The summed E-state index contributed by atoms with van der Waals surface area (Å²) in [4.78, 5) is 29.5. The predicted octanol–water partition coefficient (Wildman–Crippen LogP) is 4.64. The Balaban J connectivity index is 1.56. The summed E-state index contributed by atoms with van der Waals surface area (Å²) in [5.41, 5.74) is 1.13. The first kappa shape index (κ1) is 27.3. The van der Waals surface area contributed by atoms with Gasteiger partial charge in [-0.3, -0.25) is 9.78 Å². The number of fused-ring (bicyclic) bond motifs is 1. The van der Waals surface area contributed by atoms with Crippen LogP contribution in [0.2, 0.25) is 0 Å². The first-order chi connectivity index (χ1) is 18.1. The van der Waals surface area contributed by atoms with Crippen LogP contribution in [-0.4, -0.2) is 55.6 Å². The molecular formula is C27H30FN3O6S. The van der Waals surface area contributed by atoms with Crippen LogP contribution in [0.3, 0.4) is 0 Å². The molecule has 1 aromatic heterocycles. The quantitative estimate of drug-likeness (QED) is 0.462. The van der Waals surface area contributed by atoms with E-state index in [4.69, 9.17) is 9.47 Å². The molecule has 2 aromatic carbocycles. The van der Waals surface area contributed by atoms with E-state index in [1.165, 1.54) is 19.1 Å². The van der Waals surface area contributed by atoms with Gasteiger partial charge in [-0.05, 0) is 44.2 Å². The minimum absolute atomic E-state index is 0.0182. The zero-order valence-corrected chi connectivity index (χ0v) is 22.3. The Kier molecular flexibility index (Phi) is 8.15. The lowest BCUT2D eigenvalue weighted by Gasteiger charge is -2.32. The molecule has 0 aliphatic carbocycles. The number of hydrogen-bond acceptors (Lipinski definition) is 7. The number of para-hydroxylation sites is 1. The summed E-state index contributed by atoms with van der Waals surface area (Å²) in [5, 5.41) is 0.679. The number of aromatic nitrogens is 1. The van der Waals surface area contributed by atoms with E-state index >= 15 is 4.39 Å². The second kappa shape index (κ2) is 11.3. The van der Waals surface area contributed by atoms with Gasteiger partial charge in [-0.15, -0.1) is 0 Å². The molecule has 4 rings (SSSR count). The molecule has 0 atom stereocenters. The first-order valence-electron chi connectivity index (χ1n) is 12.4. The lowest BCUT2D eigenvalue weighted by atomic mass is 10.0. The zero-order valence-electron chi connectivity index (χ0n) is 21.4. The van der Waals surface area contributed by atoms with Crippen molar-refractivity contribution in [3.8, 4) is 16.9 Å². The van der Waals surface area contributed by atoms with Crippen molar-refractivity contribution >= 4 is 32.9 Å². The number of carbonyl (C=O) groups excluding carboxylic acids is 2. The fourth-order valence-electron chi connectivity index (χ4n) is 4.25. The SMILES string of the molecule is CCC(=O)NS(=O)(=O)c1ccc(-c2cccc3c(OC4CCN(C(=O)OC(C)C)CC4)ccnc23)c(F)c1. The number of nitrogens with zero attached hydrogens (tertiary/aromatic N) is 2. The minimum Gasteiger partial charge on any atom is -0.490 e. The average molecular weight is 544 g/mol. The highest BCUT2D eigenvalue weighted by Gasteiger charge is 2.26. The van der Waals surface area contributed by atoms with Gasteiger partial charge < -0.3 is 14.4 Å². The van der Waals surface area contributed by atoms with Crippen LogP contribution in [0.4, 0.5) is 9.18 Å². The van der Waals surface area contributed by atoms with Gasteiger partial charge in [0.2, 0.25) is 5.91 Å². The molecule has 1 saturated heterocycles. The third-order valence-electron chi connectivity index (χ3n) is 6.17. The second-order valence-corrected chi connectivity index (χ2v) is 11.0. The number of halogens is 1. The molecular weight excluding hydrogens is 513 g/mol. The topological polar surface area (TPSA) is 115 Å². The molecule has 202 valence electrons. The molecule has 0 bridgehead atoms. The lowest BCUT2D eigenvalue weighted by molar-refractivity contribution is -0.119. The van der Waals surface area contributed by atoms with Crippen LogP contribution >= 0.6 is 0 Å². The number of nitrogens with one attached hydrogen (secondary N) is 1. The number of rotatable bonds is 7. The molecule has 0 radical (unpaired) electrons. The number of pyridine rings is 1. The highest BCUT2D eigenvalue weighted by atomic mass is 32.2. The second-order valence-electron chi connectivity index (χ2n) is 9.27. The number of hydrogen-bond donors (Lipinski definition) is 1. The van der Waals surface area contributed by atoms with Crippen LogP contribution in [0.15, 0.2) is 53.6 Å². The number of piperidine rings is 1. The van der Waals surface area contributed by atoms with Crippen LogP contribution < -0.4 is 9.46 Å². The Morgan fingerprint density at radius 3 is 2.53 bits per heavy atom. The molecule has 0 saturated carbocycles. The standard InChI is InChI=1S/C27H30FN3O6S/c1-4-25(32)30-38(34,35)19-8-9-20(23(28)16-19)21-6-5-7-22-24(10-13-29-26(21)22)37-18-11-14-31(15-12-18)27(33)36-17(2)3/h5-10,13,16-18H,4,11-12,14-15H2,1-3H3,(H,30,32). The molecule has 9 nitrogen and oxygen atoms in total. The van der Waals surface area contributed by atoms with Gasteiger partial charge in [0.15, 0.2) is 0 Å². The van der Waals surface area contributed by atoms with E-state index in [0.717, 1.165) is 6.07 Å². The Bertz CT molecular complexity index is 1450. The van der Waals surface area contributed by atoms with Gasteiger partial charge in [-0.25, -0.2) is 22.3 Å². The number of likely N-dealkylation sites (tertiary alicyclic amines) is 1. The fourth-order valence-corrected chi connectivity index (χ4v) is 5.31. The Labute approximate surface area is 221 Å². The van der Waals surface area contributed by atoms with Crippen LogP contribution in [-0.2, 0) is 19.6 Å². The van der Waals surface area contributed by atoms with Crippen molar-refractivity contribution in [2.45, 2.75) is 57.1 Å². The summed E-state index contributed by atoms with van der Waals surface area (Å²) in [6, 6.07) is 10.5. The number of benzene rings is 2. The Morgan fingerprint density at radius 1 is 1.13 bits per heavy atom. The highest BCUT2D eigenvalue weighted by Crippen LogP contribution is 2.35. The number of sulfonamides is 1. The third kappa shape index (κ3) is 6.04. The van der Waals surface area contributed by atoms with Gasteiger partial charge in [-0.1, -0.05) is 19.1 Å². The van der Waals surface area contributed by atoms with Crippen molar-refractivity contribution in [3.63, 3.8) is 0 Å². The van der Waals surface area contributed by atoms with Gasteiger partial charge in [-0.2, -0.15) is 0 Å². The van der Waals surface area contributed by atoms with Gasteiger partial charge in [0.1, 0.15) is 17.7 Å². The summed E-state index contributed by atoms with van der Waals surface area (Å²) in [6.45, 7) is 6.18. The molecule has 2 heterocycles. The largest absolute Gasteiger partial charge is 0.490 e. The normalized spacial score (nSPS) is 14.5. The summed E-state index contributed by atoms with van der Waals surface area (Å²) in [7, 11) is -4.18. The van der Waals surface area contributed by atoms with Crippen LogP contribution in [0.5, 0.6) is 5.75 Å². The molecule has 1 aliphatic heterocycles. The smallest absolute Gasteiger partial charge is 0.410 e. The zero-order chi connectivity index (χ0) is 27.4. The highest BCUT2D eigenvalue weighted by molar-refractivity contribution is 7.90. The maximum Gasteiger partial charge on any atom is 0.410 e. The van der Waals surface area contributed by atoms with E-state index in [9.17, 15) is 18.0 Å². The number of amides is 2. The van der Waals surface area contributed by atoms with Gasteiger partial charge in [0.05, 0.1) is 16.5 Å². The van der Waals surface area contributed by atoms with E-state index in [1.807, 2.05) is 24.6 Å². The van der Waals surface area contributed by atoms with Crippen LogP contribution in [0, 0.1) is 5.82 Å². The monoisotopic (exact) mass is 543 g/mol. The van der Waals surface area contributed by atoms with E-state index < -0.39 is 21.7 Å². The van der Waals surface area contributed by atoms with E-state index in [1.54, 1.807) is 29.3 Å². The molecule has 0 spiro atoms. The molecule has 38 heavy (non-hydrogen) atoms. The molecule has 2 amide bonds. The van der Waals surface area contributed by atoms with Gasteiger partial charge in [0, 0.05) is 55.1 Å². The molecule has 0 unspecified atom stereocenters. The summed E-state index contributed by atoms with van der Waals surface area (Å²) >= 11 is 0. The number of carbonyl (C=O) groups is 2. The minimum atomic E-state index is -4.18. The van der Waals surface area contributed by atoms with Gasteiger partial charge in [0.25, 0.3) is 10.0 Å². The van der Waals surface area contributed by atoms with Crippen LogP contribution in [0.1, 0.15) is 40.0 Å². The summed E-state index contributed by atoms with van der Waals surface area (Å²) in [6.07, 6.45) is 2.20. The Morgan fingerprint density at radius 2 is 1.87 bits per heavy atom. The summed E-state index contributed by atoms with van der Waals surface area (Å²) < 4.78 is 53.4. The van der Waals surface area contributed by atoms with E-state index in [2.05, 4.69) is 4.98 Å². The lowest BCUT2D eigenvalue weighted by Crippen LogP contribution is -2.42. The van der Waals surface area contributed by atoms with Crippen molar-refractivity contribution in [2.24, 2.45) is 0 Å². The third-order valence-corrected chi connectivity index (χ3v) is 7.54.